The molecule has 0 saturated carbocycles. The number of aliphatic carboxylic acids is 1. The minimum Gasteiger partial charge on any atom is -0.480 e. The molecule has 0 aliphatic carbocycles. The first-order valence-electron chi connectivity index (χ1n) is 8.79. The van der Waals surface area contributed by atoms with Gasteiger partial charge in [0.2, 0.25) is 0 Å². The summed E-state index contributed by atoms with van der Waals surface area (Å²) >= 11 is 0. The summed E-state index contributed by atoms with van der Waals surface area (Å²) in [5.41, 5.74) is 2.99. The van der Waals surface area contributed by atoms with Gasteiger partial charge >= 0.3 is 5.97 Å². The molecule has 3 nitrogen and oxygen atoms in total. The van der Waals surface area contributed by atoms with Crippen LogP contribution in [0.15, 0.2) is 91.0 Å². The number of hydrogen-bond donors (Lipinski definition) is 1. The Morgan fingerprint density at radius 2 is 1.27 bits per heavy atom. The fourth-order valence-electron chi connectivity index (χ4n) is 3.28. The number of rotatable bonds is 7. The van der Waals surface area contributed by atoms with Gasteiger partial charge in [-0.3, -0.25) is 9.69 Å². The van der Waals surface area contributed by atoms with Gasteiger partial charge in [-0.05, 0) is 23.6 Å². The first-order chi connectivity index (χ1) is 12.7. The number of nitrogens with zero attached hydrogens (tertiary/aromatic N) is 1. The van der Waals surface area contributed by atoms with Crippen molar-refractivity contribution in [1.82, 2.24) is 4.90 Å². The van der Waals surface area contributed by atoms with Gasteiger partial charge in [-0.1, -0.05) is 91.0 Å². The molecule has 0 heterocycles. The molecular weight excluding hydrogens is 322 g/mol. The second-order valence-electron chi connectivity index (χ2n) is 6.40. The van der Waals surface area contributed by atoms with Gasteiger partial charge < -0.3 is 5.11 Å². The molecule has 3 aromatic carbocycles. The van der Waals surface area contributed by atoms with Gasteiger partial charge in [0.15, 0.2) is 0 Å². The van der Waals surface area contributed by atoms with Gasteiger partial charge in [0.25, 0.3) is 0 Å². The van der Waals surface area contributed by atoms with Crippen LogP contribution in [-0.2, 0) is 11.3 Å². The topological polar surface area (TPSA) is 40.5 Å². The number of carboxylic acids is 1. The molecule has 3 heteroatoms. The fraction of sp³-hybridized carbons (Fsp3) is 0.174. The van der Waals surface area contributed by atoms with E-state index in [0.29, 0.717) is 6.54 Å². The molecule has 0 aliphatic rings. The fourth-order valence-corrected chi connectivity index (χ4v) is 3.28. The molecule has 0 bridgehead atoms. The lowest BCUT2D eigenvalue weighted by Gasteiger charge is -2.35. The third-order valence-electron chi connectivity index (χ3n) is 4.67. The van der Waals surface area contributed by atoms with E-state index in [1.165, 1.54) is 0 Å². The lowest BCUT2D eigenvalue weighted by molar-refractivity contribution is -0.145. The maximum atomic E-state index is 12.2. The van der Waals surface area contributed by atoms with E-state index in [-0.39, 0.29) is 6.04 Å². The zero-order chi connectivity index (χ0) is 18.4. The van der Waals surface area contributed by atoms with Crippen LogP contribution in [0.2, 0.25) is 0 Å². The number of carbonyl (C=O) groups is 1. The van der Waals surface area contributed by atoms with Crippen molar-refractivity contribution < 1.29 is 9.90 Å². The van der Waals surface area contributed by atoms with Crippen molar-refractivity contribution in [1.29, 1.82) is 0 Å². The van der Waals surface area contributed by atoms with Crippen LogP contribution in [0, 0.1) is 0 Å². The highest BCUT2D eigenvalue weighted by atomic mass is 16.4. The summed E-state index contributed by atoms with van der Waals surface area (Å²) < 4.78 is 0. The van der Waals surface area contributed by atoms with Gasteiger partial charge in [0.1, 0.15) is 6.04 Å². The summed E-state index contributed by atoms with van der Waals surface area (Å²) in [7, 11) is 0. The average molecular weight is 345 g/mol. The number of carboxylic acid groups (broad SMARTS) is 1. The number of benzene rings is 3. The van der Waals surface area contributed by atoms with E-state index in [0.717, 1.165) is 16.7 Å². The quantitative estimate of drug-likeness (QED) is 0.649. The molecule has 26 heavy (non-hydrogen) atoms. The van der Waals surface area contributed by atoms with Gasteiger partial charge in [0, 0.05) is 12.6 Å². The molecule has 1 N–H and O–H groups in total. The predicted octanol–water partition coefficient (Wildman–Crippen LogP) is 5.08. The van der Waals surface area contributed by atoms with E-state index in [9.17, 15) is 9.90 Å². The first-order valence-corrected chi connectivity index (χ1v) is 8.79. The maximum absolute atomic E-state index is 12.2. The Bertz CT molecular complexity index is 819. The van der Waals surface area contributed by atoms with Crippen molar-refractivity contribution in [3.05, 3.63) is 108 Å². The third-order valence-corrected chi connectivity index (χ3v) is 4.67. The molecular formula is C23H23NO2. The van der Waals surface area contributed by atoms with Crippen LogP contribution in [0.25, 0.3) is 0 Å². The van der Waals surface area contributed by atoms with Crippen molar-refractivity contribution in [3.8, 4) is 0 Å². The first kappa shape index (κ1) is 17.9. The van der Waals surface area contributed by atoms with Gasteiger partial charge in [-0.25, -0.2) is 0 Å². The van der Waals surface area contributed by atoms with Gasteiger partial charge in [-0.15, -0.1) is 0 Å². The zero-order valence-corrected chi connectivity index (χ0v) is 14.8. The Labute approximate surface area is 154 Å². The molecule has 0 aromatic heterocycles. The minimum absolute atomic E-state index is 0.0438. The summed E-state index contributed by atoms with van der Waals surface area (Å²) in [6.07, 6.45) is 0. The highest BCUT2D eigenvalue weighted by Gasteiger charge is 2.31. The molecule has 0 unspecified atom stereocenters. The Hall–Kier alpha value is -2.91. The molecule has 2 atom stereocenters. The van der Waals surface area contributed by atoms with Crippen LogP contribution in [0.1, 0.15) is 35.7 Å². The summed E-state index contributed by atoms with van der Waals surface area (Å²) in [6.45, 7) is 2.62. The maximum Gasteiger partial charge on any atom is 0.325 e. The standard InChI is InChI=1S/C23H23NO2/c1-18(20-13-7-3-8-14-20)24(17-19-11-5-2-6-12-19)22(23(25)26)21-15-9-4-10-16-21/h2-16,18,22H,17H2,1H3,(H,25,26)/t18-,22-/m1/s1. The van der Waals surface area contributed by atoms with Crippen molar-refractivity contribution in [2.45, 2.75) is 25.6 Å². The van der Waals surface area contributed by atoms with Gasteiger partial charge in [-0.2, -0.15) is 0 Å². The summed E-state index contributed by atoms with van der Waals surface area (Å²) in [5, 5.41) is 10.0. The predicted molar refractivity (Wildman–Crippen MR) is 104 cm³/mol. The molecule has 132 valence electrons. The summed E-state index contributed by atoms with van der Waals surface area (Å²) in [5.74, 6) is -0.838. The van der Waals surface area contributed by atoms with E-state index in [2.05, 4.69) is 6.92 Å². The average Bonchev–Trinajstić information content (AvgIpc) is 2.69. The van der Waals surface area contributed by atoms with Crippen LogP contribution in [0.5, 0.6) is 0 Å². The Kier molecular flexibility index (Phi) is 5.82. The second-order valence-corrected chi connectivity index (χ2v) is 6.40. The van der Waals surface area contributed by atoms with E-state index in [1.807, 2.05) is 95.9 Å². The Morgan fingerprint density at radius 3 is 1.77 bits per heavy atom. The van der Waals surface area contributed by atoms with Crippen LogP contribution in [0.3, 0.4) is 0 Å². The SMILES string of the molecule is C[C@H](c1ccccc1)N(Cc1ccccc1)[C@@H](C(=O)O)c1ccccc1. The Balaban J connectivity index is 2.02. The zero-order valence-electron chi connectivity index (χ0n) is 14.8. The lowest BCUT2D eigenvalue weighted by atomic mass is 9.99. The van der Waals surface area contributed by atoms with Crippen molar-refractivity contribution in [2.24, 2.45) is 0 Å². The highest BCUT2D eigenvalue weighted by Crippen LogP contribution is 2.32. The molecule has 3 aromatic rings. The smallest absolute Gasteiger partial charge is 0.325 e. The normalized spacial score (nSPS) is 13.3. The minimum atomic E-state index is -0.838. The second kappa shape index (κ2) is 8.45. The molecule has 0 amide bonds. The Morgan fingerprint density at radius 1 is 0.808 bits per heavy atom. The third kappa shape index (κ3) is 4.19. The highest BCUT2D eigenvalue weighted by molar-refractivity contribution is 5.75. The van der Waals surface area contributed by atoms with Crippen LogP contribution in [0.4, 0.5) is 0 Å². The summed E-state index contributed by atoms with van der Waals surface area (Å²) in [6, 6.07) is 28.8. The summed E-state index contributed by atoms with van der Waals surface area (Å²) in [4.78, 5) is 14.3. The van der Waals surface area contributed by atoms with Crippen LogP contribution >= 0.6 is 0 Å². The van der Waals surface area contributed by atoms with Crippen molar-refractivity contribution >= 4 is 5.97 Å². The van der Waals surface area contributed by atoms with Crippen molar-refractivity contribution in [3.63, 3.8) is 0 Å². The molecule has 0 spiro atoms. The monoisotopic (exact) mass is 345 g/mol. The molecule has 3 rings (SSSR count). The molecule has 0 saturated heterocycles. The largest absolute Gasteiger partial charge is 0.480 e. The molecule has 0 fully saturated rings. The number of hydrogen-bond acceptors (Lipinski definition) is 2. The molecule has 0 aliphatic heterocycles. The molecule has 0 radical (unpaired) electrons. The lowest BCUT2D eigenvalue weighted by Crippen LogP contribution is -2.35. The van der Waals surface area contributed by atoms with E-state index >= 15 is 0 Å². The van der Waals surface area contributed by atoms with E-state index < -0.39 is 12.0 Å². The van der Waals surface area contributed by atoms with E-state index in [4.69, 9.17) is 0 Å². The van der Waals surface area contributed by atoms with Crippen LogP contribution in [-0.4, -0.2) is 16.0 Å². The van der Waals surface area contributed by atoms with E-state index in [1.54, 1.807) is 0 Å². The van der Waals surface area contributed by atoms with Gasteiger partial charge in [0.05, 0.1) is 0 Å². The van der Waals surface area contributed by atoms with Crippen LogP contribution < -0.4 is 0 Å². The van der Waals surface area contributed by atoms with Crippen molar-refractivity contribution in [2.75, 3.05) is 0 Å².